The minimum absolute atomic E-state index is 0.0803. The van der Waals surface area contributed by atoms with Crippen LogP contribution in [0.1, 0.15) is 38.2 Å². The highest BCUT2D eigenvalue weighted by Gasteiger charge is 2.31. The summed E-state index contributed by atoms with van der Waals surface area (Å²) in [5.41, 5.74) is 0.928. The van der Waals surface area contributed by atoms with Crippen LogP contribution in [0.25, 0.3) is 0 Å². The van der Waals surface area contributed by atoms with Crippen molar-refractivity contribution in [3.63, 3.8) is 0 Å². The third-order valence-electron chi connectivity index (χ3n) is 4.10. The number of benzene rings is 1. The van der Waals surface area contributed by atoms with E-state index >= 15 is 0 Å². The Kier molecular flexibility index (Phi) is 4.28. The number of nitro benzene ring substituents is 1. The van der Waals surface area contributed by atoms with Crippen LogP contribution in [0.3, 0.4) is 0 Å². The Morgan fingerprint density at radius 1 is 1.40 bits per heavy atom. The van der Waals surface area contributed by atoms with Gasteiger partial charge in [0.2, 0.25) is 0 Å². The largest absolute Gasteiger partial charge is 0.388 e. The molecule has 0 spiro atoms. The molecule has 1 saturated carbocycles. The number of aliphatic hydroxyl groups is 1. The Morgan fingerprint density at radius 2 is 2.05 bits per heavy atom. The van der Waals surface area contributed by atoms with E-state index in [-0.39, 0.29) is 5.69 Å². The number of anilines is 1. The number of hydrogen-bond acceptors (Lipinski definition) is 4. The van der Waals surface area contributed by atoms with Gasteiger partial charge < -0.3 is 10.4 Å². The van der Waals surface area contributed by atoms with Crippen LogP contribution >= 0.6 is 0 Å². The Hall–Kier alpha value is -1.62. The van der Waals surface area contributed by atoms with Crippen molar-refractivity contribution in [1.29, 1.82) is 0 Å². The van der Waals surface area contributed by atoms with Crippen molar-refractivity contribution in [3.05, 3.63) is 33.9 Å². The summed E-state index contributed by atoms with van der Waals surface area (Å²) in [5.74, 6) is 0.676. The molecule has 1 aromatic rings. The van der Waals surface area contributed by atoms with Crippen LogP contribution in [0.2, 0.25) is 0 Å². The molecule has 0 radical (unpaired) electrons. The number of aryl methyl sites for hydroxylation is 1. The Morgan fingerprint density at radius 3 is 2.65 bits per heavy atom. The van der Waals surface area contributed by atoms with Gasteiger partial charge in [0, 0.05) is 24.4 Å². The van der Waals surface area contributed by atoms with Crippen LogP contribution in [-0.4, -0.2) is 22.2 Å². The fourth-order valence-corrected chi connectivity index (χ4v) is 2.71. The lowest BCUT2D eigenvalue weighted by atomic mass is 9.79. The van der Waals surface area contributed by atoms with E-state index in [2.05, 4.69) is 12.2 Å². The lowest BCUT2D eigenvalue weighted by Gasteiger charge is -2.35. The van der Waals surface area contributed by atoms with Gasteiger partial charge in [-0.2, -0.15) is 0 Å². The summed E-state index contributed by atoms with van der Waals surface area (Å²) >= 11 is 0. The predicted octanol–water partition coefficient (Wildman–Crippen LogP) is 3.26. The normalized spacial score (nSPS) is 26.2. The first-order valence-electron chi connectivity index (χ1n) is 7.10. The molecule has 1 aliphatic carbocycles. The summed E-state index contributed by atoms with van der Waals surface area (Å²) in [6.07, 6.45) is 3.64. The third kappa shape index (κ3) is 3.70. The maximum atomic E-state index is 10.8. The van der Waals surface area contributed by atoms with Crippen LogP contribution in [0.5, 0.6) is 0 Å². The van der Waals surface area contributed by atoms with Gasteiger partial charge in [0.25, 0.3) is 5.69 Å². The number of hydrogen-bond donors (Lipinski definition) is 2. The van der Waals surface area contributed by atoms with E-state index in [1.807, 2.05) is 13.0 Å². The molecular formula is C15H22N2O3. The molecule has 1 fully saturated rings. The minimum Gasteiger partial charge on any atom is -0.388 e. The number of nitrogens with one attached hydrogen (secondary N) is 1. The molecule has 0 aromatic heterocycles. The fraction of sp³-hybridized carbons (Fsp3) is 0.600. The zero-order valence-corrected chi connectivity index (χ0v) is 12.1. The summed E-state index contributed by atoms with van der Waals surface area (Å²) in [5, 5.41) is 24.5. The Labute approximate surface area is 119 Å². The zero-order valence-electron chi connectivity index (χ0n) is 12.1. The first kappa shape index (κ1) is 14.8. The molecule has 1 aliphatic rings. The van der Waals surface area contributed by atoms with Gasteiger partial charge in [-0.3, -0.25) is 10.1 Å². The van der Waals surface area contributed by atoms with Crippen LogP contribution < -0.4 is 5.32 Å². The van der Waals surface area contributed by atoms with Crippen LogP contribution in [0, 0.1) is 23.0 Å². The topological polar surface area (TPSA) is 75.4 Å². The van der Waals surface area contributed by atoms with Gasteiger partial charge >= 0.3 is 0 Å². The molecule has 1 aromatic carbocycles. The average Bonchev–Trinajstić information content (AvgIpc) is 2.40. The molecule has 0 saturated heterocycles. The predicted molar refractivity (Wildman–Crippen MR) is 78.9 cm³/mol. The van der Waals surface area contributed by atoms with Crippen molar-refractivity contribution in [2.75, 3.05) is 11.9 Å². The highest BCUT2D eigenvalue weighted by atomic mass is 16.6. The Balaban J connectivity index is 2.02. The van der Waals surface area contributed by atoms with Crippen LogP contribution in [0.4, 0.5) is 11.4 Å². The molecule has 2 rings (SSSR count). The summed E-state index contributed by atoms with van der Waals surface area (Å²) in [7, 11) is 0. The van der Waals surface area contributed by atoms with Crippen molar-refractivity contribution < 1.29 is 10.0 Å². The molecule has 0 heterocycles. The summed E-state index contributed by atoms with van der Waals surface area (Å²) in [4.78, 5) is 10.4. The van der Waals surface area contributed by atoms with Gasteiger partial charge in [-0.05, 0) is 50.2 Å². The second kappa shape index (κ2) is 5.79. The molecule has 0 atom stereocenters. The second-order valence-electron chi connectivity index (χ2n) is 6.07. The van der Waals surface area contributed by atoms with E-state index in [9.17, 15) is 15.2 Å². The molecule has 2 N–H and O–H groups in total. The van der Waals surface area contributed by atoms with Crippen molar-refractivity contribution in [2.45, 2.75) is 45.1 Å². The lowest BCUT2D eigenvalue weighted by molar-refractivity contribution is -0.384. The van der Waals surface area contributed by atoms with E-state index in [0.29, 0.717) is 18.2 Å². The standard InChI is InChI=1S/C15H22N2O3/c1-11-3-5-15(18,6-4-11)10-16-13-7-12(2)8-14(9-13)17(19)20/h7-9,11,16,18H,3-6,10H2,1-2H3. The first-order valence-corrected chi connectivity index (χ1v) is 7.10. The fourth-order valence-electron chi connectivity index (χ4n) is 2.71. The maximum Gasteiger partial charge on any atom is 0.271 e. The van der Waals surface area contributed by atoms with E-state index in [1.54, 1.807) is 6.07 Å². The van der Waals surface area contributed by atoms with E-state index in [4.69, 9.17) is 0 Å². The number of non-ortho nitro benzene ring substituents is 1. The molecule has 0 bridgehead atoms. The average molecular weight is 278 g/mol. The van der Waals surface area contributed by atoms with Crippen molar-refractivity contribution >= 4 is 11.4 Å². The van der Waals surface area contributed by atoms with Gasteiger partial charge in [0.1, 0.15) is 0 Å². The molecule has 20 heavy (non-hydrogen) atoms. The van der Waals surface area contributed by atoms with Gasteiger partial charge in [0.05, 0.1) is 10.5 Å². The highest BCUT2D eigenvalue weighted by molar-refractivity contribution is 5.54. The zero-order chi connectivity index (χ0) is 14.8. The molecular weight excluding hydrogens is 256 g/mol. The molecule has 110 valence electrons. The molecule has 5 nitrogen and oxygen atoms in total. The lowest BCUT2D eigenvalue weighted by Crippen LogP contribution is -2.40. The molecule has 0 unspecified atom stereocenters. The summed E-state index contributed by atoms with van der Waals surface area (Å²) in [6.45, 7) is 4.48. The minimum atomic E-state index is -0.689. The van der Waals surface area contributed by atoms with Gasteiger partial charge in [0.15, 0.2) is 0 Å². The summed E-state index contributed by atoms with van der Waals surface area (Å²) < 4.78 is 0. The van der Waals surface area contributed by atoms with Crippen molar-refractivity contribution in [1.82, 2.24) is 0 Å². The monoisotopic (exact) mass is 278 g/mol. The molecule has 0 amide bonds. The number of nitro groups is 1. The van der Waals surface area contributed by atoms with Crippen LogP contribution in [0.15, 0.2) is 18.2 Å². The van der Waals surface area contributed by atoms with Gasteiger partial charge in [-0.25, -0.2) is 0 Å². The quantitative estimate of drug-likeness (QED) is 0.654. The van der Waals surface area contributed by atoms with Crippen LogP contribution in [-0.2, 0) is 0 Å². The first-order chi connectivity index (χ1) is 9.38. The smallest absolute Gasteiger partial charge is 0.271 e. The molecule has 5 heteroatoms. The molecule has 0 aliphatic heterocycles. The third-order valence-corrected chi connectivity index (χ3v) is 4.10. The van der Waals surface area contributed by atoms with Gasteiger partial charge in [-0.15, -0.1) is 0 Å². The van der Waals surface area contributed by atoms with E-state index in [0.717, 1.165) is 31.2 Å². The highest BCUT2D eigenvalue weighted by Crippen LogP contribution is 2.32. The van der Waals surface area contributed by atoms with Crippen molar-refractivity contribution in [2.24, 2.45) is 5.92 Å². The number of rotatable bonds is 4. The Bertz CT molecular complexity index is 494. The maximum absolute atomic E-state index is 10.8. The van der Waals surface area contributed by atoms with Gasteiger partial charge in [-0.1, -0.05) is 6.92 Å². The number of nitrogens with zero attached hydrogens (tertiary/aromatic N) is 1. The SMILES string of the molecule is Cc1cc(NCC2(O)CCC(C)CC2)cc([N+](=O)[O-])c1. The second-order valence-corrected chi connectivity index (χ2v) is 6.07. The van der Waals surface area contributed by atoms with Crippen molar-refractivity contribution in [3.8, 4) is 0 Å². The summed E-state index contributed by atoms with van der Waals surface area (Å²) in [6, 6.07) is 4.92. The van der Waals surface area contributed by atoms with E-state index < -0.39 is 10.5 Å². The van der Waals surface area contributed by atoms with E-state index in [1.165, 1.54) is 6.07 Å².